The molecule has 1 unspecified atom stereocenters. The highest BCUT2D eigenvalue weighted by molar-refractivity contribution is 6.00. The molecule has 0 saturated carbocycles. The van der Waals surface area contributed by atoms with Gasteiger partial charge in [0.1, 0.15) is 11.5 Å². The highest BCUT2D eigenvalue weighted by atomic mass is 16.5. The molecule has 0 amide bonds. The van der Waals surface area contributed by atoms with Crippen LogP contribution in [0.4, 0.5) is 0 Å². The van der Waals surface area contributed by atoms with Crippen molar-refractivity contribution >= 4 is 5.78 Å². The van der Waals surface area contributed by atoms with Gasteiger partial charge in [0.25, 0.3) is 0 Å². The van der Waals surface area contributed by atoms with Gasteiger partial charge in [0.05, 0.1) is 0 Å². The molecule has 0 aromatic heterocycles. The number of benzene rings is 2. The number of ketones is 1. The van der Waals surface area contributed by atoms with Crippen LogP contribution in [0.2, 0.25) is 0 Å². The van der Waals surface area contributed by atoms with Gasteiger partial charge in [-0.2, -0.15) is 0 Å². The highest BCUT2D eigenvalue weighted by Gasteiger charge is 2.41. The van der Waals surface area contributed by atoms with Gasteiger partial charge in [-0.3, -0.25) is 4.79 Å². The van der Waals surface area contributed by atoms with Crippen molar-refractivity contribution in [2.45, 2.75) is 32.6 Å². The summed E-state index contributed by atoms with van der Waals surface area (Å²) in [7, 11) is 0. The number of Topliss-reactive ketones (excluding diaryl/α,β-unsaturated/α-hetero) is 1. The van der Waals surface area contributed by atoms with Gasteiger partial charge < -0.3 is 4.74 Å². The van der Waals surface area contributed by atoms with E-state index in [2.05, 4.69) is 32.0 Å². The molecule has 2 aliphatic rings. The fourth-order valence-corrected chi connectivity index (χ4v) is 3.78. The van der Waals surface area contributed by atoms with Gasteiger partial charge in [0.2, 0.25) is 0 Å². The monoisotopic (exact) mass is 304 g/mol. The molecule has 1 atom stereocenters. The SMILES string of the molecule is CC1(C)CC(=O)C2=C(C1)Oc1ccccc1C2c1ccccc1. The third-order valence-corrected chi connectivity index (χ3v) is 4.76. The van der Waals surface area contributed by atoms with Crippen LogP contribution in [0, 0.1) is 5.41 Å². The Kier molecular flexibility index (Phi) is 3.15. The van der Waals surface area contributed by atoms with E-state index in [-0.39, 0.29) is 17.1 Å². The van der Waals surface area contributed by atoms with Gasteiger partial charge in [-0.05, 0) is 17.0 Å². The van der Waals surface area contributed by atoms with E-state index in [0.29, 0.717) is 6.42 Å². The first-order chi connectivity index (χ1) is 11.1. The van der Waals surface area contributed by atoms with Crippen molar-refractivity contribution in [3.05, 3.63) is 77.1 Å². The Morgan fingerprint density at radius 3 is 2.43 bits per heavy atom. The Labute approximate surface area is 136 Å². The smallest absolute Gasteiger partial charge is 0.163 e. The summed E-state index contributed by atoms with van der Waals surface area (Å²) in [6, 6.07) is 18.4. The first-order valence-electron chi connectivity index (χ1n) is 8.13. The summed E-state index contributed by atoms with van der Waals surface area (Å²) in [5.74, 6) is 1.95. The van der Waals surface area contributed by atoms with Crippen molar-refractivity contribution in [2.24, 2.45) is 5.41 Å². The van der Waals surface area contributed by atoms with Crippen molar-refractivity contribution in [3.63, 3.8) is 0 Å². The lowest BCUT2D eigenvalue weighted by Gasteiger charge is -2.38. The molecule has 1 heterocycles. The summed E-state index contributed by atoms with van der Waals surface area (Å²) in [6.45, 7) is 4.27. The molecule has 1 aliphatic carbocycles. The quantitative estimate of drug-likeness (QED) is 0.752. The molecule has 2 aromatic rings. The van der Waals surface area contributed by atoms with Crippen LogP contribution in [0.3, 0.4) is 0 Å². The zero-order chi connectivity index (χ0) is 16.0. The molecule has 116 valence electrons. The van der Waals surface area contributed by atoms with Crippen LogP contribution in [0.15, 0.2) is 65.9 Å². The lowest BCUT2D eigenvalue weighted by molar-refractivity contribution is -0.118. The molecule has 4 rings (SSSR count). The van der Waals surface area contributed by atoms with Crippen molar-refractivity contribution < 1.29 is 9.53 Å². The van der Waals surface area contributed by atoms with E-state index in [1.54, 1.807) is 0 Å². The number of hydrogen-bond donors (Lipinski definition) is 0. The Bertz CT molecular complexity index is 800. The van der Waals surface area contributed by atoms with Crippen LogP contribution >= 0.6 is 0 Å². The van der Waals surface area contributed by atoms with Crippen LogP contribution in [0.1, 0.15) is 43.7 Å². The van der Waals surface area contributed by atoms with E-state index in [9.17, 15) is 4.79 Å². The molecule has 2 heteroatoms. The number of rotatable bonds is 1. The van der Waals surface area contributed by atoms with Crippen LogP contribution in [-0.2, 0) is 4.79 Å². The normalized spacial score (nSPS) is 22.2. The van der Waals surface area contributed by atoms with Gasteiger partial charge in [0, 0.05) is 29.9 Å². The van der Waals surface area contributed by atoms with E-state index < -0.39 is 0 Å². The minimum absolute atomic E-state index is 0.0141. The average Bonchev–Trinajstić information content (AvgIpc) is 2.52. The predicted octanol–water partition coefficient (Wildman–Crippen LogP) is 4.85. The van der Waals surface area contributed by atoms with E-state index in [0.717, 1.165) is 34.6 Å². The lowest BCUT2D eigenvalue weighted by Crippen LogP contribution is -2.32. The molecule has 0 N–H and O–H groups in total. The van der Waals surface area contributed by atoms with Crippen molar-refractivity contribution in [1.82, 2.24) is 0 Å². The zero-order valence-corrected chi connectivity index (χ0v) is 13.5. The number of fused-ring (bicyclic) bond motifs is 1. The van der Waals surface area contributed by atoms with Gasteiger partial charge >= 0.3 is 0 Å². The molecule has 2 aromatic carbocycles. The van der Waals surface area contributed by atoms with Crippen molar-refractivity contribution in [1.29, 1.82) is 0 Å². The van der Waals surface area contributed by atoms with Gasteiger partial charge in [-0.25, -0.2) is 0 Å². The summed E-state index contributed by atoms with van der Waals surface area (Å²) in [6.07, 6.45) is 1.40. The summed E-state index contributed by atoms with van der Waals surface area (Å²) in [5.41, 5.74) is 3.06. The molecular weight excluding hydrogens is 284 g/mol. The maximum atomic E-state index is 12.9. The molecule has 0 saturated heterocycles. The van der Waals surface area contributed by atoms with Gasteiger partial charge in [0.15, 0.2) is 5.78 Å². The second kappa shape index (κ2) is 5.09. The highest BCUT2D eigenvalue weighted by Crippen LogP contribution is 2.49. The minimum atomic E-state index is -0.0383. The van der Waals surface area contributed by atoms with Crippen LogP contribution in [-0.4, -0.2) is 5.78 Å². The summed E-state index contributed by atoms with van der Waals surface area (Å²) < 4.78 is 6.15. The van der Waals surface area contributed by atoms with Crippen molar-refractivity contribution in [3.8, 4) is 5.75 Å². The Balaban J connectivity index is 1.93. The third-order valence-electron chi connectivity index (χ3n) is 4.76. The Hall–Kier alpha value is -2.35. The lowest BCUT2D eigenvalue weighted by atomic mass is 9.70. The summed E-state index contributed by atoms with van der Waals surface area (Å²) in [5, 5.41) is 0. The largest absolute Gasteiger partial charge is 0.461 e. The molecule has 0 radical (unpaired) electrons. The number of allylic oxidation sites excluding steroid dienone is 2. The summed E-state index contributed by atoms with van der Waals surface area (Å²) in [4.78, 5) is 12.9. The fraction of sp³-hybridized carbons (Fsp3) is 0.286. The Morgan fingerprint density at radius 2 is 1.65 bits per heavy atom. The number of hydrogen-bond acceptors (Lipinski definition) is 2. The first kappa shape index (κ1) is 14.3. The zero-order valence-electron chi connectivity index (χ0n) is 13.5. The number of para-hydroxylation sites is 1. The average molecular weight is 304 g/mol. The maximum absolute atomic E-state index is 12.9. The molecule has 23 heavy (non-hydrogen) atoms. The standard InChI is InChI=1S/C21H20O2/c1-21(2)12-16(22)20-18(13-21)23-17-11-7-6-10-15(17)19(20)14-8-4-3-5-9-14/h3-11,19H,12-13H2,1-2H3. The number of carbonyl (C=O) groups excluding carboxylic acids is 1. The second-order valence-electron chi connectivity index (χ2n) is 7.26. The van der Waals surface area contributed by atoms with Crippen LogP contribution < -0.4 is 4.74 Å². The van der Waals surface area contributed by atoms with E-state index in [1.165, 1.54) is 0 Å². The van der Waals surface area contributed by atoms with Gasteiger partial charge in [-0.15, -0.1) is 0 Å². The van der Waals surface area contributed by atoms with E-state index >= 15 is 0 Å². The predicted molar refractivity (Wildman–Crippen MR) is 90.4 cm³/mol. The van der Waals surface area contributed by atoms with E-state index in [4.69, 9.17) is 4.74 Å². The maximum Gasteiger partial charge on any atom is 0.163 e. The molecular formula is C21H20O2. The topological polar surface area (TPSA) is 26.3 Å². The second-order valence-corrected chi connectivity index (χ2v) is 7.26. The molecule has 0 bridgehead atoms. The fourth-order valence-electron chi connectivity index (χ4n) is 3.78. The first-order valence-corrected chi connectivity index (χ1v) is 8.13. The summed E-state index contributed by atoms with van der Waals surface area (Å²) >= 11 is 0. The van der Waals surface area contributed by atoms with E-state index in [1.807, 2.05) is 36.4 Å². The molecule has 2 nitrogen and oxygen atoms in total. The molecule has 0 spiro atoms. The number of ether oxygens (including phenoxy) is 1. The van der Waals surface area contributed by atoms with Gasteiger partial charge in [-0.1, -0.05) is 62.4 Å². The third kappa shape index (κ3) is 2.39. The number of carbonyl (C=O) groups is 1. The van der Waals surface area contributed by atoms with Crippen molar-refractivity contribution in [2.75, 3.05) is 0 Å². The Morgan fingerprint density at radius 1 is 0.957 bits per heavy atom. The molecule has 0 fully saturated rings. The van der Waals surface area contributed by atoms with Crippen LogP contribution in [0.25, 0.3) is 0 Å². The van der Waals surface area contributed by atoms with Crippen LogP contribution in [0.5, 0.6) is 5.75 Å². The minimum Gasteiger partial charge on any atom is -0.461 e. The molecule has 1 aliphatic heterocycles.